The molecule has 0 saturated heterocycles. The van der Waals surface area contributed by atoms with Crippen molar-refractivity contribution in [1.29, 1.82) is 0 Å². The van der Waals surface area contributed by atoms with Gasteiger partial charge in [0, 0.05) is 6.54 Å². The Morgan fingerprint density at radius 2 is 1.57 bits per heavy atom. The van der Waals surface area contributed by atoms with Gasteiger partial charge in [0.05, 0.1) is 0 Å². The highest BCUT2D eigenvalue weighted by atomic mass is 16.5. The van der Waals surface area contributed by atoms with Crippen molar-refractivity contribution in [2.75, 3.05) is 13.1 Å². The minimum Gasteiger partial charge on any atom is -0.489 e. The van der Waals surface area contributed by atoms with Crippen molar-refractivity contribution in [3.63, 3.8) is 0 Å². The Labute approximate surface area is 170 Å². The van der Waals surface area contributed by atoms with Gasteiger partial charge in [-0.05, 0) is 60.9 Å². The second-order valence-corrected chi connectivity index (χ2v) is 8.67. The third kappa shape index (κ3) is 5.38. The Kier molecular flexibility index (Phi) is 7.05. The molecule has 1 atom stereocenters. The average molecular weight is 378 g/mol. The average Bonchev–Trinajstić information content (AvgIpc) is 3.01. The molecule has 1 saturated carbocycles. The van der Waals surface area contributed by atoms with E-state index in [9.17, 15) is 0 Å². The molecule has 1 fully saturated rings. The van der Waals surface area contributed by atoms with Gasteiger partial charge in [-0.25, -0.2) is 0 Å². The third-order valence-corrected chi connectivity index (χ3v) is 6.55. The van der Waals surface area contributed by atoms with Crippen LogP contribution in [0.4, 0.5) is 0 Å². The molecule has 0 spiro atoms. The van der Waals surface area contributed by atoms with E-state index in [0.29, 0.717) is 6.10 Å². The summed E-state index contributed by atoms with van der Waals surface area (Å²) in [5, 5.41) is 3.65. The SMILES string of the molecule is c1ccc(CC2CCCCCC2)c(CCNC[C@@H]2CCc3ccccc3O2)c1. The molecule has 1 N–H and O–H groups in total. The van der Waals surface area contributed by atoms with Gasteiger partial charge in [-0.2, -0.15) is 0 Å². The van der Waals surface area contributed by atoms with Crippen LogP contribution < -0.4 is 10.1 Å². The fourth-order valence-electron chi connectivity index (χ4n) is 4.89. The Balaban J connectivity index is 1.24. The van der Waals surface area contributed by atoms with Gasteiger partial charge < -0.3 is 10.1 Å². The number of hydrogen-bond donors (Lipinski definition) is 1. The minimum atomic E-state index is 0.302. The van der Waals surface area contributed by atoms with E-state index in [1.165, 1.54) is 56.1 Å². The molecule has 2 heteroatoms. The number of para-hydroxylation sites is 1. The van der Waals surface area contributed by atoms with Crippen molar-refractivity contribution in [1.82, 2.24) is 5.32 Å². The lowest BCUT2D eigenvalue weighted by Gasteiger charge is -2.26. The summed E-state index contributed by atoms with van der Waals surface area (Å²) in [7, 11) is 0. The predicted molar refractivity (Wildman–Crippen MR) is 117 cm³/mol. The standard InChI is InChI=1S/C26H35NO/c1-2-4-10-21(9-3-1)19-24-13-6-5-11-22(24)17-18-27-20-25-16-15-23-12-7-8-14-26(23)28-25/h5-8,11-14,21,25,27H,1-4,9-10,15-20H2/t25-/m0/s1. The number of nitrogens with one attached hydrogen (secondary N) is 1. The van der Waals surface area contributed by atoms with E-state index in [1.54, 1.807) is 5.56 Å². The van der Waals surface area contributed by atoms with Crippen molar-refractivity contribution in [3.05, 3.63) is 65.2 Å². The molecular formula is C26H35NO. The molecule has 2 nitrogen and oxygen atoms in total. The van der Waals surface area contributed by atoms with Crippen LogP contribution in [-0.2, 0) is 19.3 Å². The van der Waals surface area contributed by atoms with E-state index < -0.39 is 0 Å². The number of hydrogen-bond acceptors (Lipinski definition) is 2. The smallest absolute Gasteiger partial charge is 0.122 e. The fraction of sp³-hybridized carbons (Fsp3) is 0.538. The molecule has 2 aromatic carbocycles. The molecule has 0 bridgehead atoms. The first-order chi connectivity index (χ1) is 13.9. The molecular weight excluding hydrogens is 342 g/mol. The Morgan fingerprint density at radius 3 is 2.43 bits per heavy atom. The van der Waals surface area contributed by atoms with Gasteiger partial charge in [-0.3, -0.25) is 0 Å². The zero-order chi connectivity index (χ0) is 19.0. The van der Waals surface area contributed by atoms with Crippen LogP contribution in [0.3, 0.4) is 0 Å². The molecule has 1 aliphatic carbocycles. The summed E-state index contributed by atoms with van der Waals surface area (Å²) in [6, 6.07) is 17.6. The van der Waals surface area contributed by atoms with E-state index in [-0.39, 0.29) is 0 Å². The van der Waals surface area contributed by atoms with Crippen LogP contribution in [0.1, 0.15) is 61.6 Å². The van der Waals surface area contributed by atoms with E-state index in [2.05, 4.69) is 53.8 Å². The van der Waals surface area contributed by atoms with Gasteiger partial charge in [-0.1, -0.05) is 81.0 Å². The van der Waals surface area contributed by atoms with Crippen LogP contribution in [0.5, 0.6) is 5.75 Å². The lowest BCUT2D eigenvalue weighted by Crippen LogP contribution is -2.35. The van der Waals surface area contributed by atoms with Crippen LogP contribution in [0.2, 0.25) is 0 Å². The van der Waals surface area contributed by atoms with E-state index in [4.69, 9.17) is 4.74 Å². The molecule has 4 rings (SSSR count). The van der Waals surface area contributed by atoms with Gasteiger partial charge >= 0.3 is 0 Å². The van der Waals surface area contributed by atoms with Gasteiger partial charge in [0.15, 0.2) is 0 Å². The van der Waals surface area contributed by atoms with Crippen LogP contribution in [0.25, 0.3) is 0 Å². The Hall–Kier alpha value is -1.80. The van der Waals surface area contributed by atoms with Crippen LogP contribution >= 0.6 is 0 Å². The van der Waals surface area contributed by atoms with Crippen LogP contribution in [0.15, 0.2) is 48.5 Å². The predicted octanol–water partition coefficient (Wildman–Crippen LogP) is 5.73. The van der Waals surface area contributed by atoms with Crippen molar-refractivity contribution >= 4 is 0 Å². The van der Waals surface area contributed by atoms with Crippen molar-refractivity contribution < 1.29 is 4.74 Å². The maximum atomic E-state index is 6.16. The molecule has 1 aliphatic heterocycles. The summed E-state index contributed by atoms with van der Waals surface area (Å²) in [6.45, 7) is 1.97. The molecule has 0 unspecified atom stereocenters. The molecule has 2 aromatic rings. The Morgan fingerprint density at radius 1 is 0.821 bits per heavy atom. The lowest BCUT2D eigenvalue weighted by molar-refractivity contribution is 0.171. The highest BCUT2D eigenvalue weighted by molar-refractivity contribution is 5.35. The Bertz CT molecular complexity index is 733. The second-order valence-electron chi connectivity index (χ2n) is 8.67. The second kappa shape index (κ2) is 10.1. The number of ether oxygens (including phenoxy) is 1. The highest BCUT2D eigenvalue weighted by Gasteiger charge is 2.19. The molecule has 28 heavy (non-hydrogen) atoms. The molecule has 150 valence electrons. The number of aryl methyl sites for hydroxylation is 1. The number of rotatable bonds is 7. The monoisotopic (exact) mass is 377 g/mol. The normalized spacial score (nSPS) is 20.2. The summed E-state index contributed by atoms with van der Waals surface area (Å²) >= 11 is 0. The van der Waals surface area contributed by atoms with E-state index in [1.807, 2.05) is 0 Å². The topological polar surface area (TPSA) is 21.3 Å². The molecule has 0 amide bonds. The first-order valence-corrected chi connectivity index (χ1v) is 11.4. The molecule has 0 aromatic heterocycles. The van der Waals surface area contributed by atoms with Crippen LogP contribution in [-0.4, -0.2) is 19.2 Å². The summed E-state index contributed by atoms with van der Waals surface area (Å²) in [6.07, 6.45) is 13.5. The van der Waals surface area contributed by atoms with Gasteiger partial charge in [0.2, 0.25) is 0 Å². The van der Waals surface area contributed by atoms with Crippen molar-refractivity contribution in [3.8, 4) is 5.75 Å². The minimum absolute atomic E-state index is 0.302. The van der Waals surface area contributed by atoms with Gasteiger partial charge in [0.1, 0.15) is 11.9 Å². The highest BCUT2D eigenvalue weighted by Crippen LogP contribution is 2.28. The molecule has 2 aliphatic rings. The zero-order valence-electron chi connectivity index (χ0n) is 17.2. The largest absolute Gasteiger partial charge is 0.489 e. The first kappa shape index (κ1) is 19.5. The summed E-state index contributed by atoms with van der Waals surface area (Å²) in [4.78, 5) is 0. The third-order valence-electron chi connectivity index (χ3n) is 6.55. The van der Waals surface area contributed by atoms with Gasteiger partial charge in [0.25, 0.3) is 0 Å². The summed E-state index contributed by atoms with van der Waals surface area (Å²) in [5.74, 6) is 1.97. The molecule has 1 heterocycles. The fourth-order valence-corrected chi connectivity index (χ4v) is 4.89. The van der Waals surface area contributed by atoms with Crippen molar-refractivity contribution in [2.45, 2.75) is 70.3 Å². The summed E-state index contributed by atoms with van der Waals surface area (Å²) < 4.78 is 6.16. The van der Waals surface area contributed by atoms with E-state index in [0.717, 1.165) is 44.0 Å². The zero-order valence-corrected chi connectivity index (χ0v) is 17.2. The summed E-state index contributed by atoms with van der Waals surface area (Å²) in [5.41, 5.74) is 4.47. The number of benzene rings is 2. The maximum Gasteiger partial charge on any atom is 0.122 e. The molecule has 0 radical (unpaired) electrons. The maximum absolute atomic E-state index is 6.16. The van der Waals surface area contributed by atoms with Crippen molar-refractivity contribution in [2.24, 2.45) is 5.92 Å². The number of fused-ring (bicyclic) bond motifs is 1. The van der Waals surface area contributed by atoms with Crippen LogP contribution in [0, 0.1) is 5.92 Å². The lowest BCUT2D eigenvalue weighted by atomic mass is 9.89. The first-order valence-electron chi connectivity index (χ1n) is 11.4. The van der Waals surface area contributed by atoms with Gasteiger partial charge in [-0.15, -0.1) is 0 Å². The quantitative estimate of drug-likeness (QED) is 0.492. The van der Waals surface area contributed by atoms with E-state index >= 15 is 0 Å².